The number of hydrogen-bond acceptors (Lipinski definition) is 2. The summed E-state index contributed by atoms with van der Waals surface area (Å²) in [5, 5.41) is 15.0. The lowest BCUT2D eigenvalue weighted by molar-refractivity contribution is 0.172. The number of aliphatic hydroxyl groups is 1. The molecule has 0 radical (unpaired) electrons. The van der Waals surface area contributed by atoms with Crippen molar-refractivity contribution in [1.82, 2.24) is 9.78 Å². The summed E-state index contributed by atoms with van der Waals surface area (Å²) in [6, 6.07) is 8.54. The van der Waals surface area contributed by atoms with E-state index < -0.39 is 0 Å². The van der Waals surface area contributed by atoms with Crippen molar-refractivity contribution in [2.75, 3.05) is 0 Å². The third-order valence-corrected chi connectivity index (χ3v) is 3.98. The number of benzene rings is 1. The predicted octanol–water partition coefficient (Wildman–Crippen LogP) is 3.23. The van der Waals surface area contributed by atoms with Crippen LogP contribution in [-0.4, -0.2) is 21.0 Å². The normalized spacial score (nSPS) is 12.6. The maximum atomic E-state index is 10.4. The van der Waals surface area contributed by atoms with Gasteiger partial charge < -0.3 is 5.11 Å². The van der Waals surface area contributed by atoms with Gasteiger partial charge in [0.2, 0.25) is 0 Å². The molecule has 2 aromatic rings. The lowest BCUT2D eigenvalue weighted by Crippen LogP contribution is -2.17. The topological polar surface area (TPSA) is 38.0 Å². The van der Waals surface area contributed by atoms with Crippen LogP contribution in [0.3, 0.4) is 0 Å². The van der Waals surface area contributed by atoms with Crippen LogP contribution in [-0.2, 0) is 25.8 Å². The third kappa shape index (κ3) is 3.94. The molecule has 1 aromatic carbocycles. The quantitative estimate of drug-likeness (QED) is 0.885. The zero-order valence-electron chi connectivity index (χ0n) is 13.6. The van der Waals surface area contributed by atoms with Gasteiger partial charge >= 0.3 is 0 Å². The fourth-order valence-corrected chi connectivity index (χ4v) is 2.71. The number of aryl methyl sites for hydroxylation is 4. The molecule has 0 saturated heterocycles. The lowest BCUT2D eigenvalue weighted by Gasteiger charge is -2.14. The van der Waals surface area contributed by atoms with Crippen molar-refractivity contribution in [3.8, 4) is 0 Å². The highest BCUT2D eigenvalue weighted by molar-refractivity contribution is 5.31. The van der Waals surface area contributed by atoms with Crippen LogP contribution < -0.4 is 0 Å². The third-order valence-electron chi connectivity index (χ3n) is 3.98. The van der Waals surface area contributed by atoms with Gasteiger partial charge in [-0.2, -0.15) is 5.10 Å². The van der Waals surface area contributed by atoms with Gasteiger partial charge in [0.25, 0.3) is 0 Å². The zero-order chi connectivity index (χ0) is 15.4. The Bertz CT molecular complexity index is 601. The fourth-order valence-electron chi connectivity index (χ4n) is 2.71. The summed E-state index contributed by atoms with van der Waals surface area (Å²) in [5.41, 5.74) is 5.96. The fraction of sp³-hybridized carbons (Fsp3) is 0.500. The van der Waals surface area contributed by atoms with Crippen molar-refractivity contribution in [2.24, 2.45) is 0 Å². The van der Waals surface area contributed by atoms with Crippen LogP contribution in [0.5, 0.6) is 0 Å². The monoisotopic (exact) mass is 286 g/mol. The first-order valence-electron chi connectivity index (χ1n) is 7.83. The number of nitrogens with zero attached hydrogens (tertiary/aromatic N) is 2. The van der Waals surface area contributed by atoms with E-state index >= 15 is 0 Å². The van der Waals surface area contributed by atoms with Crippen LogP contribution in [0.1, 0.15) is 41.9 Å². The van der Waals surface area contributed by atoms with Gasteiger partial charge in [0.15, 0.2) is 0 Å². The minimum atomic E-state index is -0.364. The molecule has 0 fully saturated rings. The summed E-state index contributed by atoms with van der Waals surface area (Å²) in [7, 11) is 0. The van der Waals surface area contributed by atoms with E-state index in [0.29, 0.717) is 12.8 Å². The highest BCUT2D eigenvalue weighted by Crippen LogP contribution is 2.16. The van der Waals surface area contributed by atoms with E-state index in [2.05, 4.69) is 57.1 Å². The molecule has 3 nitrogen and oxygen atoms in total. The van der Waals surface area contributed by atoms with Crippen molar-refractivity contribution < 1.29 is 5.11 Å². The minimum Gasteiger partial charge on any atom is -0.392 e. The maximum absolute atomic E-state index is 10.4. The Hall–Kier alpha value is -1.61. The molecular weight excluding hydrogens is 260 g/mol. The summed E-state index contributed by atoms with van der Waals surface area (Å²) in [4.78, 5) is 0. The summed E-state index contributed by atoms with van der Waals surface area (Å²) in [6.07, 6.45) is 1.93. The Morgan fingerprint density at radius 2 is 1.90 bits per heavy atom. The van der Waals surface area contributed by atoms with Gasteiger partial charge in [-0.3, -0.25) is 4.68 Å². The van der Waals surface area contributed by atoms with Crippen molar-refractivity contribution in [3.63, 3.8) is 0 Å². The van der Waals surface area contributed by atoms with Gasteiger partial charge in [-0.05, 0) is 50.8 Å². The second kappa shape index (κ2) is 6.90. The minimum absolute atomic E-state index is 0.364. The molecule has 1 unspecified atom stereocenters. The van der Waals surface area contributed by atoms with E-state index in [0.717, 1.165) is 24.4 Å². The first kappa shape index (κ1) is 15.8. The molecule has 0 aliphatic heterocycles. The molecule has 0 aliphatic carbocycles. The van der Waals surface area contributed by atoms with Crippen molar-refractivity contribution >= 4 is 0 Å². The Balaban J connectivity index is 2.09. The largest absolute Gasteiger partial charge is 0.392 e. The molecule has 114 valence electrons. The molecule has 1 heterocycles. The van der Waals surface area contributed by atoms with Crippen LogP contribution in [0.2, 0.25) is 0 Å². The molecule has 2 rings (SSSR count). The summed E-state index contributed by atoms with van der Waals surface area (Å²) in [5.74, 6) is 0. The molecule has 1 atom stereocenters. The number of aliphatic hydroxyl groups excluding tert-OH is 1. The molecule has 3 heteroatoms. The molecule has 0 bridgehead atoms. The molecule has 1 aromatic heterocycles. The van der Waals surface area contributed by atoms with Crippen molar-refractivity contribution in [3.05, 3.63) is 52.3 Å². The van der Waals surface area contributed by atoms with Crippen LogP contribution in [0.15, 0.2) is 24.3 Å². The average Bonchev–Trinajstić information content (AvgIpc) is 2.85. The van der Waals surface area contributed by atoms with E-state index in [1.807, 2.05) is 4.68 Å². The van der Waals surface area contributed by atoms with Crippen LogP contribution >= 0.6 is 0 Å². The summed E-state index contributed by atoms with van der Waals surface area (Å²) >= 11 is 0. The molecule has 0 saturated carbocycles. The van der Waals surface area contributed by atoms with Gasteiger partial charge in [-0.25, -0.2) is 0 Å². The van der Waals surface area contributed by atoms with E-state index in [1.54, 1.807) is 0 Å². The van der Waals surface area contributed by atoms with Gasteiger partial charge in [0.1, 0.15) is 0 Å². The Labute approximate surface area is 127 Å². The Morgan fingerprint density at radius 3 is 2.57 bits per heavy atom. The molecule has 1 N–H and O–H groups in total. The Kier molecular flexibility index (Phi) is 5.18. The number of aromatic nitrogens is 2. The molecule has 0 spiro atoms. The smallest absolute Gasteiger partial charge is 0.0635 e. The molecule has 0 aliphatic rings. The highest BCUT2D eigenvalue weighted by atomic mass is 16.3. The predicted molar refractivity (Wildman–Crippen MR) is 86.6 cm³/mol. The van der Waals surface area contributed by atoms with E-state index in [9.17, 15) is 5.11 Å². The second-order valence-electron chi connectivity index (χ2n) is 5.79. The zero-order valence-corrected chi connectivity index (χ0v) is 13.6. The number of hydrogen-bond donors (Lipinski definition) is 1. The van der Waals surface area contributed by atoms with Gasteiger partial charge in [-0.15, -0.1) is 0 Å². The summed E-state index contributed by atoms with van der Waals surface area (Å²) in [6.45, 7) is 9.25. The van der Waals surface area contributed by atoms with Crippen molar-refractivity contribution in [1.29, 1.82) is 0 Å². The number of rotatable bonds is 6. The van der Waals surface area contributed by atoms with Gasteiger partial charge in [0.05, 0.1) is 11.8 Å². The van der Waals surface area contributed by atoms with Crippen LogP contribution in [0, 0.1) is 13.8 Å². The van der Waals surface area contributed by atoms with E-state index in [1.165, 1.54) is 16.7 Å². The first-order valence-corrected chi connectivity index (χ1v) is 7.83. The Morgan fingerprint density at radius 1 is 1.14 bits per heavy atom. The van der Waals surface area contributed by atoms with Gasteiger partial charge in [-0.1, -0.05) is 30.7 Å². The van der Waals surface area contributed by atoms with Gasteiger partial charge in [0, 0.05) is 18.7 Å². The van der Waals surface area contributed by atoms with E-state index in [-0.39, 0.29) is 6.10 Å². The second-order valence-corrected chi connectivity index (χ2v) is 5.79. The molecule has 21 heavy (non-hydrogen) atoms. The molecular formula is C18H26N2O. The average molecular weight is 286 g/mol. The van der Waals surface area contributed by atoms with Crippen LogP contribution in [0.4, 0.5) is 0 Å². The van der Waals surface area contributed by atoms with E-state index in [4.69, 9.17) is 0 Å². The summed E-state index contributed by atoms with van der Waals surface area (Å²) < 4.78 is 2.01. The lowest BCUT2D eigenvalue weighted by atomic mass is 9.98. The maximum Gasteiger partial charge on any atom is 0.0635 e. The standard InChI is InChI=1S/C18H26N2O/c1-5-16-11-17(20(6-2)19-16)12-18(21)10-15-9-13(3)7-8-14(15)4/h7-9,11,18,21H,5-6,10,12H2,1-4H3. The SMILES string of the molecule is CCc1cc(CC(O)Cc2cc(C)ccc2C)n(CC)n1. The van der Waals surface area contributed by atoms with Crippen molar-refractivity contribution in [2.45, 2.75) is 59.6 Å². The molecule has 0 amide bonds. The first-order chi connectivity index (χ1) is 10.0. The van der Waals surface area contributed by atoms with Crippen LogP contribution in [0.25, 0.3) is 0 Å². The highest BCUT2D eigenvalue weighted by Gasteiger charge is 2.13.